The van der Waals surface area contributed by atoms with Gasteiger partial charge < -0.3 is 5.11 Å². The van der Waals surface area contributed by atoms with E-state index in [-0.39, 0.29) is 5.92 Å². The van der Waals surface area contributed by atoms with E-state index >= 15 is 0 Å². The Balaban J connectivity index is 1.54. The van der Waals surface area contributed by atoms with Crippen LogP contribution in [0.25, 0.3) is 0 Å². The smallest absolute Gasteiger partial charge is 0.175 e. The van der Waals surface area contributed by atoms with Crippen LogP contribution in [-0.2, 0) is 16.4 Å². The lowest BCUT2D eigenvalue weighted by molar-refractivity contribution is 0.0540. The van der Waals surface area contributed by atoms with Crippen molar-refractivity contribution in [3.8, 4) is 0 Å². The zero-order valence-corrected chi connectivity index (χ0v) is 15.2. The third-order valence-electron chi connectivity index (χ3n) is 4.83. The maximum Gasteiger partial charge on any atom is 0.175 e. The van der Waals surface area contributed by atoms with E-state index in [1.807, 2.05) is 30.3 Å². The van der Waals surface area contributed by atoms with Gasteiger partial charge in [0.15, 0.2) is 9.84 Å². The Labute approximate surface area is 149 Å². The second-order valence-corrected chi connectivity index (χ2v) is 8.74. The molecule has 0 spiro atoms. The zero-order valence-electron chi connectivity index (χ0n) is 14.4. The molecule has 1 fully saturated rings. The van der Waals surface area contributed by atoms with Gasteiger partial charge in [-0.25, -0.2) is 8.42 Å². The monoisotopic (exact) mass is 360 g/mol. The van der Waals surface area contributed by atoms with Gasteiger partial charge in [0.25, 0.3) is 0 Å². The molecule has 25 heavy (non-hydrogen) atoms. The van der Waals surface area contributed by atoms with Gasteiger partial charge in [-0.15, -0.1) is 0 Å². The molecular formula is C19H24N2O3S. The Kier molecular flexibility index (Phi) is 5.51. The van der Waals surface area contributed by atoms with E-state index in [1.54, 1.807) is 18.3 Å². The van der Waals surface area contributed by atoms with Gasteiger partial charge >= 0.3 is 0 Å². The van der Waals surface area contributed by atoms with Gasteiger partial charge in [0.2, 0.25) is 0 Å². The van der Waals surface area contributed by atoms with Gasteiger partial charge in [-0.1, -0.05) is 18.2 Å². The van der Waals surface area contributed by atoms with Crippen LogP contribution in [0.2, 0.25) is 0 Å². The Bertz CT molecular complexity index is 783. The first-order valence-corrected chi connectivity index (χ1v) is 10.4. The van der Waals surface area contributed by atoms with Crippen LogP contribution < -0.4 is 0 Å². The van der Waals surface area contributed by atoms with Crippen LogP contribution in [0.1, 0.15) is 30.2 Å². The highest BCUT2D eigenvalue weighted by atomic mass is 32.2. The highest BCUT2D eigenvalue weighted by molar-refractivity contribution is 7.90. The maximum absolute atomic E-state index is 11.5. The molecule has 1 N–H and O–H groups in total. The first kappa shape index (κ1) is 18.0. The second kappa shape index (κ2) is 7.64. The number of aromatic nitrogens is 1. The number of sulfone groups is 1. The van der Waals surface area contributed by atoms with E-state index in [1.165, 1.54) is 6.26 Å². The Morgan fingerprint density at radius 1 is 1.16 bits per heavy atom. The summed E-state index contributed by atoms with van der Waals surface area (Å²) < 4.78 is 23.0. The summed E-state index contributed by atoms with van der Waals surface area (Å²) in [6.45, 7) is 2.64. The minimum Gasteiger partial charge on any atom is -0.387 e. The summed E-state index contributed by atoms with van der Waals surface area (Å²) in [5.74, 6) is 0.235. The summed E-state index contributed by atoms with van der Waals surface area (Å²) in [6.07, 6.45) is 4.30. The first-order valence-electron chi connectivity index (χ1n) is 8.54. The summed E-state index contributed by atoms with van der Waals surface area (Å²) in [7, 11) is -3.14. The number of rotatable bonds is 5. The number of hydrogen-bond donors (Lipinski definition) is 1. The number of nitrogens with zero attached hydrogens (tertiary/aromatic N) is 2. The molecule has 0 aliphatic carbocycles. The van der Waals surface area contributed by atoms with Gasteiger partial charge in [0, 0.05) is 19.0 Å². The van der Waals surface area contributed by atoms with Gasteiger partial charge in [-0.2, -0.15) is 0 Å². The predicted octanol–water partition coefficient (Wildman–Crippen LogP) is 2.43. The first-order chi connectivity index (χ1) is 11.9. The van der Waals surface area contributed by atoms with E-state index in [0.717, 1.165) is 43.7 Å². The quantitative estimate of drug-likeness (QED) is 0.887. The largest absolute Gasteiger partial charge is 0.387 e. The van der Waals surface area contributed by atoms with Crippen LogP contribution in [0.3, 0.4) is 0 Å². The lowest BCUT2D eigenvalue weighted by Gasteiger charge is -2.34. The molecule has 6 heteroatoms. The highest BCUT2D eigenvalue weighted by Gasteiger charge is 2.26. The molecule has 0 amide bonds. The molecule has 0 radical (unpaired) electrons. The molecule has 1 aliphatic heterocycles. The fraction of sp³-hybridized carbons (Fsp3) is 0.421. The summed E-state index contributed by atoms with van der Waals surface area (Å²) in [6, 6.07) is 12.7. The molecule has 1 atom stereocenters. The van der Waals surface area contributed by atoms with Crippen LogP contribution in [0.4, 0.5) is 0 Å². The fourth-order valence-corrected chi connectivity index (χ4v) is 3.95. The summed E-state index contributed by atoms with van der Waals surface area (Å²) >= 11 is 0. The van der Waals surface area contributed by atoms with Crippen molar-refractivity contribution < 1.29 is 13.5 Å². The van der Waals surface area contributed by atoms with Gasteiger partial charge in [-0.3, -0.25) is 9.88 Å². The van der Waals surface area contributed by atoms with E-state index in [9.17, 15) is 13.5 Å². The van der Waals surface area contributed by atoms with Crippen molar-refractivity contribution in [2.45, 2.75) is 30.4 Å². The molecule has 1 saturated heterocycles. The lowest BCUT2D eigenvalue weighted by Crippen LogP contribution is -2.35. The molecule has 2 aromatic rings. The van der Waals surface area contributed by atoms with Crippen molar-refractivity contribution in [3.63, 3.8) is 0 Å². The molecule has 0 bridgehead atoms. The van der Waals surface area contributed by atoms with Crippen LogP contribution >= 0.6 is 0 Å². The zero-order chi connectivity index (χ0) is 17.9. The molecule has 1 aromatic heterocycles. The molecule has 3 rings (SSSR count). The van der Waals surface area contributed by atoms with Gasteiger partial charge in [0.05, 0.1) is 16.7 Å². The SMILES string of the molecule is CS(=O)(=O)c1ccc(CN2CCC([C@H](O)c3ccccn3)CC2)cc1. The molecule has 0 unspecified atom stereocenters. The maximum atomic E-state index is 11.5. The van der Waals surface area contributed by atoms with Crippen molar-refractivity contribution >= 4 is 9.84 Å². The summed E-state index contributed by atoms with van der Waals surface area (Å²) in [5.41, 5.74) is 1.86. The number of aliphatic hydroxyl groups excluding tert-OH is 1. The van der Waals surface area contributed by atoms with E-state index in [0.29, 0.717) is 4.90 Å². The molecule has 1 aliphatic rings. The third kappa shape index (κ3) is 4.66. The molecule has 1 aromatic carbocycles. The van der Waals surface area contributed by atoms with E-state index < -0.39 is 15.9 Å². The molecular weight excluding hydrogens is 336 g/mol. The minimum atomic E-state index is -3.14. The number of hydrogen-bond acceptors (Lipinski definition) is 5. The molecule has 0 saturated carbocycles. The van der Waals surface area contributed by atoms with Crippen LogP contribution in [0.15, 0.2) is 53.6 Å². The average Bonchev–Trinajstić information content (AvgIpc) is 2.62. The van der Waals surface area contributed by atoms with Crippen LogP contribution in [0, 0.1) is 5.92 Å². The summed E-state index contributed by atoms with van der Waals surface area (Å²) in [4.78, 5) is 6.96. The van der Waals surface area contributed by atoms with E-state index in [2.05, 4.69) is 9.88 Å². The van der Waals surface area contributed by atoms with Crippen molar-refractivity contribution in [3.05, 3.63) is 59.9 Å². The van der Waals surface area contributed by atoms with Crippen molar-refractivity contribution in [2.24, 2.45) is 5.92 Å². The number of likely N-dealkylation sites (tertiary alicyclic amines) is 1. The van der Waals surface area contributed by atoms with Crippen molar-refractivity contribution in [1.29, 1.82) is 0 Å². The predicted molar refractivity (Wildman–Crippen MR) is 96.7 cm³/mol. The van der Waals surface area contributed by atoms with E-state index in [4.69, 9.17) is 0 Å². The second-order valence-electron chi connectivity index (χ2n) is 6.73. The van der Waals surface area contributed by atoms with Gasteiger partial charge in [-0.05, 0) is 61.7 Å². The summed E-state index contributed by atoms with van der Waals surface area (Å²) in [5, 5.41) is 10.5. The minimum absolute atomic E-state index is 0.235. The van der Waals surface area contributed by atoms with Crippen LogP contribution in [0.5, 0.6) is 0 Å². The topological polar surface area (TPSA) is 70.5 Å². The Morgan fingerprint density at radius 3 is 2.40 bits per heavy atom. The lowest BCUT2D eigenvalue weighted by atomic mass is 9.89. The number of benzene rings is 1. The standard InChI is InChI=1S/C19H24N2O3S/c1-25(23,24)17-7-5-15(6-8-17)14-21-12-9-16(10-13-21)19(22)18-4-2-3-11-20-18/h2-8,11,16,19,22H,9-10,12-14H2,1H3/t19-/m0/s1. The number of piperidine rings is 1. The highest BCUT2D eigenvalue weighted by Crippen LogP contribution is 2.30. The third-order valence-corrected chi connectivity index (χ3v) is 5.96. The number of pyridine rings is 1. The Morgan fingerprint density at radius 2 is 1.84 bits per heavy atom. The molecule has 134 valence electrons. The Hall–Kier alpha value is -1.76. The van der Waals surface area contributed by atoms with Crippen LogP contribution in [-0.4, -0.2) is 42.8 Å². The normalized spacial score (nSPS) is 18.2. The number of aliphatic hydroxyl groups is 1. The fourth-order valence-electron chi connectivity index (χ4n) is 3.32. The van der Waals surface area contributed by atoms with Crippen molar-refractivity contribution in [1.82, 2.24) is 9.88 Å². The van der Waals surface area contributed by atoms with Crippen molar-refractivity contribution in [2.75, 3.05) is 19.3 Å². The molecule has 5 nitrogen and oxygen atoms in total. The van der Waals surface area contributed by atoms with Gasteiger partial charge in [0.1, 0.15) is 0 Å². The average molecular weight is 360 g/mol. The molecule has 2 heterocycles.